The first-order valence-corrected chi connectivity index (χ1v) is 21.2. The molecular weight excluding hydrogens is 782 g/mol. The maximum atomic E-state index is 14.5. The summed E-state index contributed by atoms with van der Waals surface area (Å²) in [5, 5.41) is 23.4. The summed E-state index contributed by atoms with van der Waals surface area (Å²) in [4.78, 5) is 55.4. The van der Waals surface area contributed by atoms with Crippen LogP contribution in [0.3, 0.4) is 0 Å². The third-order valence-electron chi connectivity index (χ3n) is 12.8. The molecule has 0 spiro atoms. The van der Waals surface area contributed by atoms with Crippen LogP contribution >= 0.6 is 0 Å². The van der Waals surface area contributed by atoms with Gasteiger partial charge in [0, 0.05) is 45.1 Å². The lowest BCUT2D eigenvalue weighted by molar-refractivity contribution is -0.321. The number of methoxy groups -OCH3 is 1. The summed E-state index contributed by atoms with van der Waals surface area (Å²) < 4.78 is 56.8. The molecule has 60 heavy (non-hydrogen) atoms. The van der Waals surface area contributed by atoms with Crippen LogP contribution in [0.1, 0.15) is 109 Å². The van der Waals surface area contributed by atoms with Crippen molar-refractivity contribution in [3.63, 3.8) is 0 Å². The number of terminal acetylenes is 1. The normalized spacial score (nSPS) is 43.6. The van der Waals surface area contributed by atoms with Crippen molar-refractivity contribution in [2.45, 2.75) is 193 Å². The Morgan fingerprint density at radius 1 is 0.900 bits per heavy atom. The molecule has 0 saturated carbocycles. The quantitative estimate of drug-likeness (QED) is 0.174. The van der Waals surface area contributed by atoms with Crippen molar-refractivity contribution in [1.82, 2.24) is 4.90 Å². The molecule has 2 N–H and O–H groups in total. The lowest BCUT2D eigenvalue weighted by atomic mass is 9.73. The monoisotopic (exact) mass is 855 g/mol. The first-order chi connectivity index (χ1) is 27.8. The number of likely N-dealkylation sites (N-methyl/N-ethyl adjacent to an activating group) is 1. The van der Waals surface area contributed by atoms with Crippen LogP contribution in [0.2, 0.25) is 0 Å². The molecule has 0 amide bonds. The predicted octanol–water partition coefficient (Wildman–Crippen LogP) is 3.58. The van der Waals surface area contributed by atoms with E-state index in [0.717, 1.165) is 0 Å². The van der Waals surface area contributed by atoms with Gasteiger partial charge in [0.2, 0.25) is 0 Å². The molecule has 3 aliphatic heterocycles. The molecule has 3 heterocycles. The molecule has 3 aliphatic rings. The minimum atomic E-state index is -2.03. The minimum absolute atomic E-state index is 0.00906. The van der Waals surface area contributed by atoms with Crippen LogP contribution in [-0.4, -0.2) is 151 Å². The number of carbonyl (C=O) groups excluding carboxylic acids is 4. The number of ketones is 1. The zero-order valence-corrected chi connectivity index (χ0v) is 38.4. The van der Waals surface area contributed by atoms with Crippen LogP contribution in [0, 0.1) is 36.0 Å². The van der Waals surface area contributed by atoms with Gasteiger partial charge in [-0.25, -0.2) is 0 Å². The van der Waals surface area contributed by atoms with Crippen molar-refractivity contribution in [2.75, 3.05) is 27.8 Å². The largest absolute Gasteiger partial charge is 0.459 e. The Morgan fingerprint density at radius 3 is 2.05 bits per heavy atom. The SMILES string of the molecule is C#CCO[C@@]1(C)C[C@@H](C)C(=O)[C@H](C)C(O)[C@](C)(O)[C@@H](CC)OC(=O)[C@H](C)C(OC2C[C@@](C)(OC)C(OC(C)=O)[C@H](C)O2)[C@H](C)C1OC1O[C@H](C)CC(N(C)C)C1OC(C)=O. The van der Waals surface area contributed by atoms with Crippen LogP contribution in [0.5, 0.6) is 0 Å². The third kappa shape index (κ3) is 11.8. The molecular formula is C44H73NO15. The van der Waals surface area contributed by atoms with Gasteiger partial charge in [0.25, 0.3) is 0 Å². The third-order valence-corrected chi connectivity index (χ3v) is 12.8. The van der Waals surface area contributed by atoms with E-state index in [2.05, 4.69) is 5.92 Å². The molecule has 344 valence electrons. The number of ether oxygens (including phenoxy) is 9. The summed E-state index contributed by atoms with van der Waals surface area (Å²) in [5.41, 5.74) is -4.56. The van der Waals surface area contributed by atoms with Crippen LogP contribution < -0.4 is 0 Å². The Labute approximate surface area is 356 Å². The Balaban J connectivity index is 2.33. The van der Waals surface area contributed by atoms with Crippen molar-refractivity contribution < 1.29 is 72.0 Å². The van der Waals surface area contributed by atoms with E-state index in [-0.39, 0.29) is 43.8 Å². The number of rotatable bonds is 11. The van der Waals surface area contributed by atoms with Gasteiger partial charge < -0.3 is 57.7 Å². The van der Waals surface area contributed by atoms with E-state index in [0.29, 0.717) is 6.42 Å². The molecule has 16 nitrogen and oxygen atoms in total. The second-order valence-corrected chi connectivity index (χ2v) is 18.1. The zero-order valence-electron chi connectivity index (χ0n) is 38.4. The van der Waals surface area contributed by atoms with E-state index in [1.165, 1.54) is 34.8 Å². The fourth-order valence-corrected chi connectivity index (χ4v) is 9.42. The van der Waals surface area contributed by atoms with Gasteiger partial charge in [0.1, 0.15) is 29.7 Å². The van der Waals surface area contributed by atoms with Crippen molar-refractivity contribution in [2.24, 2.45) is 23.7 Å². The molecule has 0 aliphatic carbocycles. The fourth-order valence-electron chi connectivity index (χ4n) is 9.42. The molecule has 3 saturated heterocycles. The summed E-state index contributed by atoms with van der Waals surface area (Å²) in [7, 11) is 5.23. The van der Waals surface area contributed by atoms with Crippen molar-refractivity contribution >= 4 is 23.7 Å². The first-order valence-electron chi connectivity index (χ1n) is 21.2. The summed E-state index contributed by atoms with van der Waals surface area (Å²) in [6.07, 6.45) is -3.62. The molecule has 0 aromatic heterocycles. The number of hydrogen-bond donors (Lipinski definition) is 2. The standard InChI is InChI=1S/C44H73NO15/c1-17-19-53-43(12)21-23(3)34(48)25(5)37(49)44(13,51)32(18-2)58-40(50)27(7)35(59-33-22-42(11,52-16)39(28(8)55-33)57-30(10)47)26(6)38(43)60-41-36(56-29(9)46)31(45(14)15)20-24(4)54-41/h1,23-28,31-33,35-39,41,49,51H,18-22H2,2-16H3/t23-,24-,25+,26+,27-,28+,31?,32-,33?,35?,36?,37?,38?,39?,41?,42-,43+,44-/m1/s1. The van der Waals surface area contributed by atoms with Crippen molar-refractivity contribution in [3.8, 4) is 12.3 Å². The molecule has 3 fully saturated rings. The number of aliphatic hydroxyl groups is 2. The molecule has 0 aromatic carbocycles. The number of esters is 3. The molecule has 3 rings (SSSR count). The lowest BCUT2D eigenvalue weighted by Crippen LogP contribution is -2.62. The number of aliphatic hydroxyl groups excluding tert-OH is 1. The highest BCUT2D eigenvalue weighted by molar-refractivity contribution is 5.83. The van der Waals surface area contributed by atoms with E-state index in [4.69, 9.17) is 49.1 Å². The number of Topliss-reactive ketones (excluding diaryl/α,β-unsaturated/α-hetero) is 1. The van der Waals surface area contributed by atoms with Gasteiger partial charge in [0.15, 0.2) is 24.8 Å². The van der Waals surface area contributed by atoms with Gasteiger partial charge in [-0.3, -0.25) is 19.2 Å². The number of cyclic esters (lactones) is 1. The number of nitrogens with zero attached hydrogens (tertiary/aromatic N) is 1. The molecule has 0 bridgehead atoms. The van der Waals surface area contributed by atoms with E-state index < -0.39 is 114 Å². The smallest absolute Gasteiger partial charge is 0.311 e. The van der Waals surface area contributed by atoms with Gasteiger partial charge >= 0.3 is 17.9 Å². The molecule has 0 radical (unpaired) electrons. The highest BCUT2D eigenvalue weighted by atomic mass is 16.7. The van der Waals surface area contributed by atoms with E-state index >= 15 is 0 Å². The Kier molecular flexibility index (Phi) is 18.2. The average molecular weight is 856 g/mol. The Bertz CT molecular complexity index is 1520. The van der Waals surface area contributed by atoms with Gasteiger partial charge in [-0.15, -0.1) is 6.42 Å². The Morgan fingerprint density at radius 2 is 1.52 bits per heavy atom. The zero-order chi connectivity index (χ0) is 45.7. The van der Waals surface area contributed by atoms with Gasteiger partial charge in [-0.05, 0) is 74.9 Å². The maximum absolute atomic E-state index is 14.5. The molecule has 16 heteroatoms. The summed E-state index contributed by atoms with van der Waals surface area (Å²) in [5.74, 6) is -3.55. The second-order valence-electron chi connectivity index (χ2n) is 18.1. The lowest BCUT2D eigenvalue weighted by Gasteiger charge is -2.50. The molecule has 18 atom stereocenters. The van der Waals surface area contributed by atoms with Gasteiger partial charge in [0.05, 0.1) is 48.1 Å². The van der Waals surface area contributed by atoms with E-state index in [1.807, 2.05) is 25.9 Å². The maximum Gasteiger partial charge on any atom is 0.311 e. The Hall–Kier alpha value is -2.72. The average Bonchev–Trinajstić information content (AvgIpc) is 3.16. The van der Waals surface area contributed by atoms with Gasteiger partial charge in [-0.1, -0.05) is 33.6 Å². The molecule has 0 aromatic rings. The van der Waals surface area contributed by atoms with E-state index in [9.17, 15) is 29.4 Å². The highest BCUT2D eigenvalue weighted by Crippen LogP contribution is 2.42. The molecule has 8 unspecified atom stereocenters. The van der Waals surface area contributed by atoms with Crippen LogP contribution in [-0.2, 0) is 61.8 Å². The van der Waals surface area contributed by atoms with E-state index in [1.54, 1.807) is 48.5 Å². The highest BCUT2D eigenvalue weighted by Gasteiger charge is 2.55. The predicted molar refractivity (Wildman–Crippen MR) is 218 cm³/mol. The van der Waals surface area contributed by atoms with Crippen LogP contribution in [0.25, 0.3) is 0 Å². The van der Waals surface area contributed by atoms with Crippen molar-refractivity contribution in [1.29, 1.82) is 0 Å². The first kappa shape index (κ1) is 51.6. The minimum Gasteiger partial charge on any atom is -0.459 e. The topological polar surface area (TPSA) is 195 Å². The summed E-state index contributed by atoms with van der Waals surface area (Å²) in [6.45, 7) is 19.2. The second kappa shape index (κ2) is 21.1. The number of carbonyl (C=O) groups is 4. The van der Waals surface area contributed by atoms with Crippen LogP contribution in [0.4, 0.5) is 0 Å². The van der Waals surface area contributed by atoms with Gasteiger partial charge in [-0.2, -0.15) is 0 Å². The fraction of sp³-hybridized carbons (Fsp3) is 0.864. The number of hydrogen-bond acceptors (Lipinski definition) is 16. The summed E-state index contributed by atoms with van der Waals surface area (Å²) in [6, 6.07) is -0.328. The summed E-state index contributed by atoms with van der Waals surface area (Å²) >= 11 is 0. The van der Waals surface area contributed by atoms with Crippen LogP contribution in [0.15, 0.2) is 0 Å². The van der Waals surface area contributed by atoms with Crippen molar-refractivity contribution in [3.05, 3.63) is 0 Å².